The van der Waals surface area contributed by atoms with E-state index in [1.165, 1.54) is 6.20 Å². The first-order valence-electron chi connectivity index (χ1n) is 5.87. The Morgan fingerprint density at radius 3 is 2.58 bits per heavy atom. The Balaban J connectivity index is 2.22. The summed E-state index contributed by atoms with van der Waals surface area (Å²) < 4.78 is 0. The predicted octanol–water partition coefficient (Wildman–Crippen LogP) is 3.48. The molecular formula is C16H10N2O. The van der Waals surface area contributed by atoms with Crippen molar-refractivity contribution in [1.82, 2.24) is 4.98 Å². The average molecular weight is 246 g/mol. The van der Waals surface area contributed by atoms with Gasteiger partial charge in [0.25, 0.3) is 0 Å². The van der Waals surface area contributed by atoms with Crippen molar-refractivity contribution >= 4 is 10.8 Å². The van der Waals surface area contributed by atoms with Crippen molar-refractivity contribution in [3.63, 3.8) is 0 Å². The summed E-state index contributed by atoms with van der Waals surface area (Å²) in [5.41, 5.74) is 1.54. The van der Waals surface area contributed by atoms with E-state index in [0.717, 1.165) is 16.3 Å². The molecule has 1 heterocycles. The molecule has 3 aromatic rings. The molecule has 90 valence electrons. The summed E-state index contributed by atoms with van der Waals surface area (Å²) in [6.07, 6.45) is 1.53. The van der Waals surface area contributed by atoms with Crippen molar-refractivity contribution in [2.75, 3.05) is 0 Å². The Kier molecular flexibility index (Phi) is 2.62. The van der Waals surface area contributed by atoms with Gasteiger partial charge in [-0.15, -0.1) is 0 Å². The minimum atomic E-state index is -0.0692. The highest BCUT2D eigenvalue weighted by molar-refractivity contribution is 5.88. The molecular weight excluding hydrogens is 236 g/mol. The van der Waals surface area contributed by atoms with Crippen LogP contribution in [0.2, 0.25) is 0 Å². The Labute approximate surface area is 110 Å². The van der Waals surface area contributed by atoms with E-state index < -0.39 is 0 Å². The molecule has 0 aliphatic carbocycles. The van der Waals surface area contributed by atoms with Crippen LogP contribution in [-0.2, 0) is 0 Å². The first-order valence-corrected chi connectivity index (χ1v) is 5.87. The van der Waals surface area contributed by atoms with Crippen LogP contribution in [0.5, 0.6) is 5.75 Å². The zero-order chi connectivity index (χ0) is 13.2. The standard InChI is InChI=1S/C16H10N2O/c17-10-15-16(19)14(7-8-18-15)13-6-5-11-3-1-2-4-12(11)9-13/h1-9,19H. The van der Waals surface area contributed by atoms with Crippen LogP contribution in [0.3, 0.4) is 0 Å². The molecule has 0 radical (unpaired) electrons. The fourth-order valence-electron chi connectivity index (χ4n) is 2.13. The van der Waals surface area contributed by atoms with E-state index in [-0.39, 0.29) is 11.4 Å². The van der Waals surface area contributed by atoms with E-state index >= 15 is 0 Å². The molecule has 0 amide bonds. The largest absolute Gasteiger partial charge is 0.504 e. The van der Waals surface area contributed by atoms with Crippen LogP contribution < -0.4 is 0 Å². The van der Waals surface area contributed by atoms with Crippen LogP contribution in [0.1, 0.15) is 5.69 Å². The average Bonchev–Trinajstić information content (AvgIpc) is 2.47. The number of nitriles is 1. The van der Waals surface area contributed by atoms with Crippen molar-refractivity contribution in [3.8, 4) is 22.9 Å². The van der Waals surface area contributed by atoms with E-state index in [2.05, 4.69) is 4.98 Å². The van der Waals surface area contributed by atoms with Gasteiger partial charge in [0.1, 0.15) is 6.07 Å². The number of nitrogens with zero attached hydrogens (tertiary/aromatic N) is 2. The maximum atomic E-state index is 10.0. The first kappa shape index (κ1) is 11.2. The van der Waals surface area contributed by atoms with Crippen LogP contribution in [0.4, 0.5) is 0 Å². The van der Waals surface area contributed by atoms with Crippen LogP contribution in [0.15, 0.2) is 54.7 Å². The summed E-state index contributed by atoms with van der Waals surface area (Å²) in [4.78, 5) is 3.83. The summed E-state index contributed by atoms with van der Waals surface area (Å²) in [5.74, 6) is -0.0692. The third-order valence-corrected chi connectivity index (χ3v) is 3.09. The van der Waals surface area contributed by atoms with E-state index in [1.54, 1.807) is 6.07 Å². The monoisotopic (exact) mass is 246 g/mol. The summed E-state index contributed by atoms with van der Waals surface area (Å²) in [5, 5.41) is 21.1. The van der Waals surface area contributed by atoms with Crippen LogP contribution in [0, 0.1) is 11.3 Å². The van der Waals surface area contributed by atoms with Crippen molar-refractivity contribution in [3.05, 3.63) is 60.4 Å². The predicted molar refractivity (Wildman–Crippen MR) is 73.6 cm³/mol. The van der Waals surface area contributed by atoms with Gasteiger partial charge in [-0.25, -0.2) is 4.98 Å². The van der Waals surface area contributed by atoms with Gasteiger partial charge < -0.3 is 5.11 Å². The van der Waals surface area contributed by atoms with Crippen molar-refractivity contribution < 1.29 is 5.11 Å². The zero-order valence-corrected chi connectivity index (χ0v) is 10.0. The number of benzene rings is 2. The molecule has 0 aliphatic heterocycles. The van der Waals surface area contributed by atoms with E-state index in [1.807, 2.05) is 48.5 Å². The molecule has 2 aromatic carbocycles. The Bertz CT molecular complexity index is 803. The molecule has 0 bridgehead atoms. The molecule has 0 saturated heterocycles. The highest BCUT2D eigenvalue weighted by atomic mass is 16.3. The minimum absolute atomic E-state index is 0.0469. The van der Waals surface area contributed by atoms with Gasteiger partial charge in [-0.1, -0.05) is 36.4 Å². The number of hydrogen-bond acceptors (Lipinski definition) is 3. The molecule has 0 saturated carbocycles. The van der Waals surface area contributed by atoms with Crippen molar-refractivity contribution in [2.45, 2.75) is 0 Å². The molecule has 0 aliphatic rings. The molecule has 3 nitrogen and oxygen atoms in total. The SMILES string of the molecule is N#Cc1nccc(-c2ccc3ccccc3c2)c1O. The maximum Gasteiger partial charge on any atom is 0.182 e. The lowest BCUT2D eigenvalue weighted by molar-refractivity contribution is 0.472. The Morgan fingerprint density at radius 1 is 1.00 bits per heavy atom. The highest BCUT2D eigenvalue weighted by Gasteiger charge is 2.10. The van der Waals surface area contributed by atoms with Crippen LogP contribution in [0.25, 0.3) is 21.9 Å². The molecule has 3 rings (SSSR count). The van der Waals surface area contributed by atoms with Crippen LogP contribution >= 0.6 is 0 Å². The second-order valence-corrected chi connectivity index (χ2v) is 4.23. The lowest BCUT2D eigenvalue weighted by Gasteiger charge is -2.06. The smallest absolute Gasteiger partial charge is 0.182 e. The van der Waals surface area contributed by atoms with Gasteiger partial charge in [-0.05, 0) is 28.5 Å². The molecule has 0 unspecified atom stereocenters. The summed E-state index contributed by atoms with van der Waals surface area (Å²) in [6.45, 7) is 0. The number of rotatable bonds is 1. The molecule has 1 N–H and O–H groups in total. The second kappa shape index (κ2) is 4.43. The Hall–Kier alpha value is -2.86. The number of fused-ring (bicyclic) bond motifs is 1. The number of aromatic nitrogens is 1. The maximum absolute atomic E-state index is 10.0. The van der Waals surface area contributed by atoms with Gasteiger partial charge >= 0.3 is 0 Å². The molecule has 0 fully saturated rings. The number of aromatic hydroxyl groups is 1. The van der Waals surface area contributed by atoms with Crippen LogP contribution in [-0.4, -0.2) is 10.1 Å². The van der Waals surface area contributed by atoms with Crippen molar-refractivity contribution in [2.24, 2.45) is 0 Å². The summed E-state index contributed by atoms with van der Waals surface area (Å²) in [6, 6.07) is 17.5. The van der Waals surface area contributed by atoms with Gasteiger partial charge in [0.2, 0.25) is 0 Å². The molecule has 0 spiro atoms. The zero-order valence-electron chi connectivity index (χ0n) is 10.0. The fourth-order valence-corrected chi connectivity index (χ4v) is 2.13. The van der Waals surface area contributed by atoms with Gasteiger partial charge in [0, 0.05) is 11.8 Å². The normalized spacial score (nSPS) is 10.3. The van der Waals surface area contributed by atoms with Gasteiger partial charge in [-0.2, -0.15) is 5.26 Å². The number of pyridine rings is 1. The van der Waals surface area contributed by atoms with Crippen molar-refractivity contribution in [1.29, 1.82) is 5.26 Å². The minimum Gasteiger partial charge on any atom is -0.504 e. The highest BCUT2D eigenvalue weighted by Crippen LogP contribution is 2.32. The van der Waals surface area contributed by atoms with Gasteiger partial charge in [-0.3, -0.25) is 0 Å². The van der Waals surface area contributed by atoms with Gasteiger partial charge in [0.05, 0.1) is 0 Å². The molecule has 3 heteroatoms. The molecule has 19 heavy (non-hydrogen) atoms. The fraction of sp³-hybridized carbons (Fsp3) is 0. The first-order chi connectivity index (χ1) is 9.29. The number of hydrogen-bond donors (Lipinski definition) is 1. The van der Waals surface area contributed by atoms with E-state index in [9.17, 15) is 5.11 Å². The third-order valence-electron chi connectivity index (χ3n) is 3.09. The molecule has 1 aromatic heterocycles. The quantitative estimate of drug-likeness (QED) is 0.715. The summed E-state index contributed by atoms with van der Waals surface area (Å²) in [7, 11) is 0. The van der Waals surface area contributed by atoms with E-state index in [4.69, 9.17) is 5.26 Å². The topological polar surface area (TPSA) is 56.9 Å². The molecule has 0 atom stereocenters. The summed E-state index contributed by atoms with van der Waals surface area (Å²) >= 11 is 0. The Morgan fingerprint density at radius 2 is 1.79 bits per heavy atom. The second-order valence-electron chi connectivity index (χ2n) is 4.23. The lowest BCUT2D eigenvalue weighted by atomic mass is 10.0. The lowest BCUT2D eigenvalue weighted by Crippen LogP contribution is -1.87. The third kappa shape index (κ3) is 1.90. The van der Waals surface area contributed by atoms with Gasteiger partial charge in [0.15, 0.2) is 11.4 Å². The van der Waals surface area contributed by atoms with E-state index in [0.29, 0.717) is 5.56 Å².